The predicted octanol–water partition coefficient (Wildman–Crippen LogP) is 0.735. The third-order valence-electron chi connectivity index (χ3n) is 2.86. The second-order valence-electron chi connectivity index (χ2n) is 4.21. The fourth-order valence-corrected chi connectivity index (χ4v) is 2.81. The summed E-state index contributed by atoms with van der Waals surface area (Å²) >= 11 is 0. The van der Waals surface area contributed by atoms with Crippen LogP contribution in [0.5, 0.6) is 0 Å². The first kappa shape index (κ1) is 14.5. The summed E-state index contributed by atoms with van der Waals surface area (Å²) in [6.07, 6.45) is 2.32. The van der Waals surface area contributed by atoms with E-state index in [1.165, 1.54) is 12.5 Å². The molecular formula is C12H16N4O3S. The van der Waals surface area contributed by atoms with Gasteiger partial charge in [0, 0.05) is 18.7 Å². The van der Waals surface area contributed by atoms with Crippen LogP contribution in [0.25, 0.3) is 0 Å². The van der Waals surface area contributed by atoms with Crippen LogP contribution < -0.4 is 10.5 Å². The summed E-state index contributed by atoms with van der Waals surface area (Å²) in [6.45, 7) is 2.15. The van der Waals surface area contributed by atoms with Crippen LogP contribution in [0.15, 0.2) is 34.0 Å². The van der Waals surface area contributed by atoms with E-state index in [0.717, 1.165) is 12.0 Å². The Morgan fingerprint density at radius 3 is 2.80 bits per heavy atom. The van der Waals surface area contributed by atoms with Gasteiger partial charge in [-0.3, -0.25) is 0 Å². The number of aryl methyl sites for hydroxylation is 1. The smallest absolute Gasteiger partial charge is 0.240 e. The molecule has 0 aliphatic carbocycles. The largest absolute Gasteiger partial charge is 0.398 e. The molecule has 2 rings (SSSR count). The Morgan fingerprint density at radius 1 is 1.40 bits per heavy atom. The number of hydrogen-bond acceptors (Lipinski definition) is 6. The number of hydrogen-bond donors (Lipinski definition) is 2. The van der Waals surface area contributed by atoms with Gasteiger partial charge in [0.25, 0.3) is 0 Å². The minimum Gasteiger partial charge on any atom is -0.398 e. The molecule has 0 atom stereocenters. The molecule has 1 aromatic carbocycles. The maximum atomic E-state index is 12.1. The number of nitrogens with one attached hydrogen (secondary N) is 1. The lowest BCUT2D eigenvalue weighted by Gasteiger charge is -2.08. The Kier molecular flexibility index (Phi) is 4.35. The van der Waals surface area contributed by atoms with Crippen molar-refractivity contribution in [2.75, 3.05) is 12.3 Å². The fourth-order valence-electron chi connectivity index (χ4n) is 1.75. The van der Waals surface area contributed by atoms with Crippen LogP contribution in [0.1, 0.15) is 18.3 Å². The van der Waals surface area contributed by atoms with Gasteiger partial charge in [0.1, 0.15) is 0 Å². The van der Waals surface area contributed by atoms with Crippen molar-refractivity contribution in [2.24, 2.45) is 0 Å². The average molecular weight is 296 g/mol. The average Bonchev–Trinajstić information content (AvgIpc) is 2.91. The van der Waals surface area contributed by atoms with Crippen LogP contribution in [0.2, 0.25) is 0 Å². The summed E-state index contributed by atoms with van der Waals surface area (Å²) in [4.78, 5) is 3.97. The molecule has 7 nitrogen and oxygen atoms in total. The van der Waals surface area contributed by atoms with Crippen LogP contribution in [-0.4, -0.2) is 25.1 Å². The Balaban J connectivity index is 2.04. The van der Waals surface area contributed by atoms with Crippen LogP contribution in [-0.2, 0) is 22.9 Å². The van der Waals surface area contributed by atoms with Gasteiger partial charge in [-0.1, -0.05) is 18.1 Å². The summed E-state index contributed by atoms with van der Waals surface area (Å²) < 4.78 is 31.2. The van der Waals surface area contributed by atoms with Crippen molar-refractivity contribution in [3.8, 4) is 0 Å². The van der Waals surface area contributed by atoms with Crippen LogP contribution in [0, 0.1) is 0 Å². The first-order valence-electron chi connectivity index (χ1n) is 6.16. The van der Waals surface area contributed by atoms with E-state index >= 15 is 0 Å². The molecule has 2 aromatic rings. The van der Waals surface area contributed by atoms with E-state index in [4.69, 9.17) is 5.73 Å². The molecule has 1 heterocycles. The zero-order chi connectivity index (χ0) is 14.6. The minimum absolute atomic E-state index is 0.153. The van der Waals surface area contributed by atoms with Crippen molar-refractivity contribution >= 4 is 15.7 Å². The van der Waals surface area contributed by atoms with Gasteiger partial charge in [-0.05, 0) is 24.1 Å². The molecule has 0 saturated carbocycles. The summed E-state index contributed by atoms with van der Waals surface area (Å²) in [7, 11) is -3.58. The summed E-state index contributed by atoms with van der Waals surface area (Å²) in [5.74, 6) is 0.452. The molecule has 0 aliphatic rings. The molecule has 8 heteroatoms. The van der Waals surface area contributed by atoms with E-state index < -0.39 is 10.0 Å². The molecule has 0 unspecified atom stereocenters. The van der Waals surface area contributed by atoms with Crippen LogP contribution in [0.4, 0.5) is 5.69 Å². The molecule has 0 amide bonds. The van der Waals surface area contributed by atoms with E-state index in [1.807, 2.05) is 6.92 Å². The molecule has 0 fully saturated rings. The third-order valence-corrected chi connectivity index (χ3v) is 4.31. The molecule has 0 spiro atoms. The van der Waals surface area contributed by atoms with Crippen LogP contribution >= 0.6 is 0 Å². The van der Waals surface area contributed by atoms with Gasteiger partial charge < -0.3 is 10.3 Å². The Morgan fingerprint density at radius 2 is 2.20 bits per heavy atom. The molecule has 20 heavy (non-hydrogen) atoms. The number of anilines is 1. The van der Waals surface area contributed by atoms with Crippen molar-refractivity contribution in [3.63, 3.8) is 0 Å². The lowest BCUT2D eigenvalue weighted by molar-refractivity contribution is 0.410. The monoisotopic (exact) mass is 296 g/mol. The molecule has 0 radical (unpaired) electrons. The van der Waals surface area contributed by atoms with Gasteiger partial charge >= 0.3 is 0 Å². The Bertz CT molecular complexity index is 668. The van der Waals surface area contributed by atoms with E-state index in [0.29, 0.717) is 17.9 Å². The summed E-state index contributed by atoms with van der Waals surface area (Å²) in [6, 6.07) is 4.74. The zero-order valence-electron chi connectivity index (χ0n) is 11.0. The van der Waals surface area contributed by atoms with E-state index in [-0.39, 0.29) is 11.4 Å². The number of benzene rings is 1. The Hall–Kier alpha value is -1.93. The quantitative estimate of drug-likeness (QED) is 0.760. The van der Waals surface area contributed by atoms with Crippen molar-refractivity contribution < 1.29 is 12.9 Å². The molecular weight excluding hydrogens is 280 g/mol. The topological polar surface area (TPSA) is 111 Å². The summed E-state index contributed by atoms with van der Waals surface area (Å²) in [5, 5.41) is 3.60. The van der Waals surface area contributed by atoms with Gasteiger partial charge in [0.2, 0.25) is 16.4 Å². The maximum Gasteiger partial charge on any atom is 0.240 e. The van der Waals surface area contributed by atoms with Gasteiger partial charge in [-0.15, -0.1) is 0 Å². The van der Waals surface area contributed by atoms with Gasteiger partial charge in [0.05, 0.1) is 4.90 Å². The number of nitrogens with two attached hydrogens (primary N) is 1. The number of aromatic nitrogens is 2. The van der Waals surface area contributed by atoms with Gasteiger partial charge in [-0.25, -0.2) is 13.1 Å². The van der Waals surface area contributed by atoms with E-state index in [1.54, 1.807) is 12.1 Å². The number of sulfonamides is 1. The first-order valence-corrected chi connectivity index (χ1v) is 7.64. The molecule has 0 saturated heterocycles. The standard InChI is InChI=1S/C12H16N4O3S/c1-2-9-3-4-10(7-11(9)13)20(17,18)15-6-5-12-14-8-19-16-12/h3-4,7-8,15H,2,5-6,13H2,1H3. The normalized spacial score (nSPS) is 11.7. The summed E-state index contributed by atoms with van der Waals surface area (Å²) in [5.41, 5.74) is 7.22. The van der Waals surface area contributed by atoms with Crippen molar-refractivity contribution in [2.45, 2.75) is 24.7 Å². The highest BCUT2D eigenvalue weighted by Gasteiger charge is 2.15. The molecule has 0 bridgehead atoms. The third kappa shape index (κ3) is 3.34. The molecule has 108 valence electrons. The lowest BCUT2D eigenvalue weighted by atomic mass is 10.1. The van der Waals surface area contributed by atoms with Gasteiger partial charge in [-0.2, -0.15) is 4.98 Å². The minimum atomic E-state index is -3.58. The number of nitrogens with zero attached hydrogens (tertiary/aromatic N) is 2. The highest BCUT2D eigenvalue weighted by molar-refractivity contribution is 7.89. The maximum absolute atomic E-state index is 12.1. The fraction of sp³-hybridized carbons (Fsp3) is 0.333. The van der Waals surface area contributed by atoms with Crippen molar-refractivity contribution in [1.82, 2.24) is 14.9 Å². The highest BCUT2D eigenvalue weighted by atomic mass is 32.2. The molecule has 1 aromatic heterocycles. The molecule has 3 N–H and O–H groups in total. The van der Waals surface area contributed by atoms with Crippen molar-refractivity contribution in [3.05, 3.63) is 36.0 Å². The first-order chi connectivity index (χ1) is 9.53. The lowest BCUT2D eigenvalue weighted by Crippen LogP contribution is -2.26. The van der Waals surface area contributed by atoms with Gasteiger partial charge in [0.15, 0.2) is 5.82 Å². The number of rotatable bonds is 6. The SMILES string of the molecule is CCc1ccc(S(=O)(=O)NCCc2ncon2)cc1N. The van der Waals surface area contributed by atoms with Crippen molar-refractivity contribution in [1.29, 1.82) is 0 Å². The van der Waals surface area contributed by atoms with E-state index in [2.05, 4.69) is 19.4 Å². The Labute approximate surface area is 117 Å². The second kappa shape index (κ2) is 6.02. The highest BCUT2D eigenvalue weighted by Crippen LogP contribution is 2.18. The molecule has 0 aliphatic heterocycles. The van der Waals surface area contributed by atoms with E-state index in [9.17, 15) is 8.42 Å². The second-order valence-corrected chi connectivity index (χ2v) is 5.98. The number of nitrogen functional groups attached to an aromatic ring is 1. The van der Waals surface area contributed by atoms with Crippen LogP contribution in [0.3, 0.4) is 0 Å². The predicted molar refractivity (Wildman–Crippen MR) is 73.4 cm³/mol. The zero-order valence-corrected chi connectivity index (χ0v) is 11.9.